The fourth-order valence-electron chi connectivity index (χ4n) is 5.96. The molecule has 5 rings (SSSR count). The topological polar surface area (TPSA) is 202 Å². The molecule has 282 valence electrons. The van der Waals surface area contributed by atoms with Crippen molar-refractivity contribution in [3.05, 3.63) is 81.6 Å². The molecule has 4 atom stereocenters. The van der Waals surface area contributed by atoms with Crippen molar-refractivity contribution in [3.8, 4) is 16.9 Å². The van der Waals surface area contributed by atoms with Crippen LogP contribution in [0.3, 0.4) is 0 Å². The van der Waals surface area contributed by atoms with E-state index in [-0.39, 0.29) is 19.3 Å². The predicted molar refractivity (Wildman–Crippen MR) is 192 cm³/mol. The molecule has 2 saturated carbocycles. The van der Waals surface area contributed by atoms with Crippen molar-refractivity contribution >= 4 is 35.2 Å². The fourth-order valence-corrected chi connectivity index (χ4v) is 6.48. The number of aromatic nitrogens is 1. The number of aliphatic carboxylic acids is 1. The predicted octanol–water partition coefficient (Wildman–Crippen LogP) is 3.66. The van der Waals surface area contributed by atoms with Gasteiger partial charge in [-0.3, -0.25) is 9.78 Å². The van der Waals surface area contributed by atoms with Crippen LogP contribution in [0.2, 0.25) is 10.0 Å². The van der Waals surface area contributed by atoms with Gasteiger partial charge in [-0.15, -0.1) is 0 Å². The van der Waals surface area contributed by atoms with Gasteiger partial charge in [0.1, 0.15) is 36.7 Å². The number of aryl methyl sites for hydroxylation is 1. The molecule has 2 aliphatic rings. The second-order valence-corrected chi connectivity index (χ2v) is 14.1. The molecule has 7 N–H and O–H groups in total. The number of pyridine rings is 1. The number of para-hydroxylation sites is 1. The van der Waals surface area contributed by atoms with Crippen molar-refractivity contribution in [2.24, 2.45) is 0 Å². The Morgan fingerprint density at radius 1 is 0.962 bits per heavy atom. The summed E-state index contributed by atoms with van der Waals surface area (Å²) in [4.78, 5) is 29.2. The monoisotopic (exact) mass is 761 g/mol. The first kappa shape index (κ1) is 39.7. The van der Waals surface area contributed by atoms with Crippen LogP contribution in [-0.2, 0) is 28.2 Å². The van der Waals surface area contributed by atoms with E-state index in [2.05, 4.69) is 16.4 Å². The van der Waals surface area contributed by atoms with Crippen LogP contribution >= 0.6 is 23.2 Å². The maximum atomic E-state index is 12.7. The van der Waals surface area contributed by atoms with E-state index in [1.165, 1.54) is 0 Å². The minimum Gasteiger partial charge on any atom is -0.490 e. The van der Waals surface area contributed by atoms with Gasteiger partial charge in [-0.1, -0.05) is 41.4 Å². The quantitative estimate of drug-likeness (QED) is 0.0829. The number of nitrogens with zero attached hydrogens (tertiary/aromatic N) is 2. The summed E-state index contributed by atoms with van der Waals surface area (Å²) >= 11 is 13.4. The van der Waals surface area contributed by atoms with Crippen LogP contribution < -0.4 is 10.1 Å². The van der Waals surface area contributed by atoms with Crippen LogP contribution in [0.15, 0.2) is 54.9 Å². The van der Waals surface area contributed by atoms with Crippen molar-refractivity contribution in [1.82, 2.24) is 15.2 Å². The van der Waals surface area contributed by atoms with E-state index >= 15 is 0 Å². The van der Waals surface area contributed by atoms with E-state index in [1.807, 2.05) is 30.5 Å². The first-order chi connectivity index (χ1) is 24.9. The molecule has 0 saturated heterocycles. The minimum atomic E-state index is -1.88. The number of carbonyl (C=O) groups excluding carboxylic acids is 1. The van der Waals surface area contributed by atoms with E-state index in [9.17, 15) is 30.0 Å². The fraction of sp³-hybridized carbons (Fsp3) is 0.486. The van der Waals surface area contributed by atoms with Gasteiger partial charge in [-0.05, 0) is 85.9 Å². The maximum absolute atomic E-state index is 12.7. The first-order valence-corrected chi connectivity index (χ1v) is 18.1. The summed E-state index contributed by atoms with van der Waals surface area (Å²) < 4.78 is 12.8. The third kappa shape index (κ3) is 10.3. The summed E-state index contributed by atoms with van der Waals surface area (Å²) in [7, 11) is 0. The highest BCUT2D eigenvalue weighted by Crippen LogP contribution is 2.53. The molecule has 0 bridgehead atoms. The molecule has 13 nitrogen and oxygen atoms in total. The normalized spacial score (nSPS) is 17.1. The SMILES string of the molecule is O=C(O)CNC(=O)N(CCCCc1cc(Cl)c(COC2(c3cnccc3-c3ccccc3OC3CC3)CC2)cc1Cl)C[C@H](O)[C@@H](O)[C@H](O)[C@H](O)CO. The highest BCUT2D eigenvalue weighted by Gasteiger charge is 2.48. The minimum absolute atomic E-state index is 0.0563. The van der Waals surface area contributed by atoms with Gasteiger partial charge in [0.2, 0.25) is 0 Å². The number of hydrogen-bond donors (Lipinski definition) is 7. The lowest BCUT2D eigenvalue weighted by Crippen LogP contribution is -2.52. The van der Waals surface area contributed by atoms with Crippen LogP contribution in [-0.4, -0.2) is 109 Å². The number of hydrogen-bond acceptors (Lipinski definition) is 10. The van der Waals surface area contributed by atoms with Crippen LogP contribution in [0.25, 0.3) is 11.1 Å². The molecule has 2 fully saturated rings. The lowest BCUT2D eigenvalue weighted by Gasteiger charge is -2.30. The number of ether oxygens (including phenoxy) is 2. The molecule has 1 aromatic heterocycles. The summed E-state index contributed by atoms with van der Waals surface area (Å²) in [5.74, 6) is -0.427. The van der Waals surface area contributed by atoms with Gasteiger partial charge in [-0.2, -0.15) is 0 Å². The van der Waals surface area contributed by atoms with Gasteiger partial charge < -0.3 is 50.3 Å². The van der Waals surface area contributed by atoms with Gasteiger partial charge in [0.15, 0.2) is 0 Å². The summed E-state index contributed by atoms with van der Waals surface area (Å²) in [6.45, 7) is -1.72. The number of rotatable bonds is 20. The zero-order valence-electron chi connectivity index (χ0n) is 28.5. The van der Waals surface area contributed by atoms with Crippen LogP contribution in [0.5, 0.6) is 5.75 Å². The van der Waals surface area contributed by atoms with Crippen molar-refractivity contribution < 1.29 is 49.7 Å². The summed E-state index contributed by atoms with van der Waals surface area (Å²) in [6, 6.07) is 12.8. The average Bonchev–Trinajstić information content (AvgIpc) is 4.09. The van der Waals surface area contributed by atoms with Gasteiger partial charge in [0.25, 0.3) is 0 Å². The number of amides is 2. The van der Waals surface area contributed by atoms with E-state index in [4.69, 9.17) is 42.9 Å². The molecule has 0 aliphatic heterocycles. The number of halogens is 2. The Morgan fingerprint density at radius 3 is 2.35 bits per heavy atom. The van der Waals surface area contributed by atoms with E-state index in [0.717, 1.165) is 64.1 Å². The average molecular weight is 763 g/mol. The Kier molecular flexibility index (Phi) is 13.7. The number of aliphatic hydroxyl groups is 5. The molecule has 0 radical (unpaired) electrons. The molecule has 2 aliphatic carbocycles. The molecule has 2 aromatic carbocycles. The van der Waals surface area contributed by atoms with E-state index < -0.39 is 61.7 Å². The molecule has 52 heavy (non-hydrogen) atoms. The van der Waals surface area contributed by atoms with Crippen LogP contribution in [0, 0.1) is 0 Å². The molecular formula is C37H45Cl2N3O10. The first-order valence-electron chi connectivity index (χ1n) is 17.3. The number of aliphatic hydroxyl groups excluding tert-OH is 5. The summed E-state index contributed by atoms with van der Waals surface area (Å²) in [5.41, 5.74) is 4.00. The Morgan fingerprint density at radius 2 is 1.65 bits per heavy atom. The van der Waals surface area contributed by atoms with Crippen LogP contribution in [0.1, 0.15) is 55.2 Å². The summed E-state index contributed by atoms with van der Waals surface area (Å²) in [5, 5.41) is 61.4. The second-order valence-electron chi connectivity index (χ2n) is 13.3. The zero-order chi connectivity index (χ0) is 37.4. The van der Waals surface area contributed by atoms with Crippen molar-refractivity contribution in [2.45, 2.75) is 87.7 Å². The lowest BCUT2D eigenvalue weighted by molar-refractivity contribution is -0.135. The number of carbonyl (C=O) groups is 2. The van der Waals surface area contributed by atoms with Crippen molar-refractivity contribution in [2.75, 3.05) is 26.2 Å². The number of carboxylic acids is 1. The highest BCUT2D eigenvalue weighted by molar-refractivity contribution is 6.34. The van der Waals surface area contributed by atoms with Gasteiger partial charge in [0, 0.05) is 40.1 Å². The van der Waals surface area contributed by atoms with Gasteiger partial charge in [0.05, 0.1) is 31.5 Å². The van der Waals surface area contributed by atoms with Crippen LogP contribution in [0.4, 0.5) is 4.79 Å². The molecule has 0 unspecified atom stereocenters. The molecular weight excluding hydrogens is 717 g/mol. The summed E-state index contributed by atoms with van der Waals surface area (Å²) in [6.07, 6.45) is 1.90. The Labute approximate surface area is 311 Å². The standard InChI is InChI=1S/C37H45Cl2N3O10/c38-28-16-23(21-51-37(11-12-37)27-17-40-13-10-25(27)26-6-1-2-7-32(26)52-24-8-9-24)29(39)15-22(28)5-3-4-14-42(36(50)41-18-33(46)47)19-30(44)34(48)35(49)31(45)20-43/h1-2,6-7,10,13,15-17,24,30-31,34-35,43-45,48-49H,3-5,8-9,11-12,14,18-21H2,(H,41,50)(H,46,47)/t30-,31+,34+,35+/m0/s1. The number of unbranched alkanes of at least 4 members (excludes halogenated alkanes) is 1. The Balaban J connectivity index is 1.19. The third-order valence-electron chi connectivity index (χ3n) is 9.27. The smallest absolute Gasteiger partial charge is 0.323 e. The maximum Gasteiger partial charge on any atom is 0.323 e. The molecule has 1 heterocycles. The number of urea groups is 1. The number of carboxylic acid groups (broad SMARTS) is 1. The molecule has 2 amide bonds. The van der Waals surface area contributed by atoms with Gasteiger partial charge >= 0.3 is 12.0 Å². The lowest BCUT2D eigenvalue weighted by atomic mass is 9.96. The molecule has 0 spiro atoms. The zero-order valence-corrected chi connectivity index (χ0v) is 30.0. The van der Waals surface area contributed by atoms with E-state index in [1.54, 1.807) is 18.3 Å². The Hall–Kier alpha value is -3.53. The number of nitrogens with one attached hydrogen (secondary N) is 1. The van der Waals surface area contributed by atoms with Crippen molar-refractivity contribution in [1.29, 1.82) is 0 Å². The Bertz CT molecular complexity index is 1690. The van der Waals surface area contributed by atoms with Gasteiger partial charge in [-0.25, -0.2) is 4.79 Å². The second kappa shape index (κ2) is 18.0. The van der Waals surface area contributed by atoms with Crippen molar-refractivity contribution in [3.63, 3.8) is 0 Å². The molecule has 3 aromatic rings. The molecule has 15 heteroatoms. The highest BCUT2D eigenvalue weighted by atomic mass is 35.5. The van der Waals surface area contributed by atoms with E-state index in [0.29, 0.717) is 29.3 Å². The third-order valence-corrected chi connectivity index (χ3v) is 9.97. The number of benzene rings is 2. The largest absolute Gasteiger partial charge is 0.490 e.